The van der Waals surface area contributed by atoms with Gasteiger partial charge in [-0.1, -0.05) is 6.07 Å². The molecule has 112 valence electrons. The third kappa shape index (κ3) is 5.36. The van der Waals surface area contributed by atoms with Gasteiger partial charge in [0, 0.05) is 34.9 Å². The molecule has 0 bridgehead atoms. The van der Waals surface area contributed by atoms with Crippen LogP contribution in [0, 0.1) is 0 Å². The average molecular weight is 303 g/mol. The maximum atomic E-state index is 5.21. The van der Waals surface area contributed by atoms with Crippen LogP contribution in [0.3, 0.4) is 0 Å². The predicted molar refractivity (Wildman–Crippen MR) is 85.7 cm³/mol. The van der Waals surface area contributed by atoms with Gasteiger partial charge < -0.3 is 10.1 Å². The van der Waals surface area contributed by atoms with Crippen molar-refractivity contribution in [3.8, 4) is 5.75 Å². The van der Waals surface area contributed by atoms with Crippen LogP contribution >= 0.6 is 11.8 Å². The molecule has 1 N–H and O–H groups in total. The van der Waals surface area contributed by atoms with E-state index in [0.29, 0.717) is 0 Å². The molecular formula is C16H21N3OS. The number of methoxy groups -OCH3 is 1. The van der Waals surface area contributed by atoms with Gasteiger partial charge in [0.15, 0.2) is 5.16 Å². The zero-order chi connectivity index (χ0) is 15.3. The number of nitrogens with one attached hydrogen (secondary N) is 1. The Kier molecular flexibility index (Phi) is 5.20. The Labute approximate surface area is 130 Å². The highest BCUT2D eigenvalue weighted by Gasteiger charge is 2.09. The highest BCUT2D eigenvalue weighted by atomic mass is 32.2. The number of hydrogen-bond acceptors (Lipinski definition) is 5. The first-order chi connectivity index (χ1) is 9.96. The second kappa shape index (κ2) is 6.91. The van der Waals surface area contributed by atoms with Crippen molar-refractivity contribution in [2.75, 3.05) is 7.11 Å². The summed E-state index contributed by atoms with van der Waals surface area (Å²) in [5.41, 5.74) is 1.17. The summed E-state index contributed by atoms with van der Waals surface area (Å²) in [6.07, 6.45) is 3.74. The fraction of sp³-hybridized carbons (Fsp3) is 0.375. The first-order valence-electron chi connectivity index (χ1n) is 6.84. The van der Waals surface area contributed by atoms with E-state index in [1.807, 2.05) is 36.7 Å². The predicted octanol–water partition coefficient (Wildman–Crippen LogP) is 3.52. The summed E-state index contributed by atoms with van der Waals surface area (Å²) in [5, 5.41) is 4.16. The number of benzene rings is 1. The molecule has 4 nitrogen and oxygen atoms in total. The van der Waals surface area contributed by atoms with Crippen LogP contribution in [0.4, 0.5) is 0 Å². The van der Waals surface area contributed by atoms with Crippen LogP contribution in [0.2, 0.25) is 0 Å². The van der Waals surface area contributed by atoms with Gasteiger partial charge in [-0.2, -0.15) is 0 Å². The van der Waals surface area contributed by atoms with Gasteiger partial charge in [0.2, 0.25) is 0 Å². The summed E-state index contributed by atoms with van der Waals surface area (Å²) >= 11 is 1.53. The number of hydrogen-bond donors (Lipinski definition) is 1. The quantitative estimate of drug-likeness (QED) is 0.856. The summed E-state index contributed by atoms with van der Waals surface area (Å²) in [7, 11) is 1.66. The number of nitrogens with zero attached hydrogens (tertiary/aromatic N) is 2. The SMILES string of the molecule is COc1cccc(Sc2ncc(CNC(C)(C)C)cn2)c1. The molecule has 0 saturated carbocycles. The van der Waals surface area contributed by atoms with Gasteiger partial charge in [0.1, 0.15) is 5.75 Å². The molecule has 0 amide bonds. The molecule has 2 aromatic rings. The van der Waals surface area contributed by atoms with E-state index in [2.05, 4.69) is 36.1 Å². The maximum absolute atomic E-state index is 5.21. The summed E-state index contributed by atoms with van der Waals surface area (Å²) in [6, 6.07) is 7.88. The lowest BCUT2D eigenvalue weighted by Crippen LogP contribution is -2.35. The molecule has 0 saturated heterocycles. The molecule has 0 aliphatic rings. The Morgan fingerprint density at radius 1 is 1.19 bits per heavy atom. The van der Waals surface area contributed by atoms with Crippen LogP contribution in [-0.4, -0.2) is 22.6 Å². The Balaban J connectivity index is 1.98. The van der Waals surface area contributed by atoms with Crippen molar-refractivity contribution in [1.29, 1.82) is 0 Å². The molecule has 0 spiro atoms. The zero-order valence-corrected chi connectivity index (χ0v) is 13.7. The third-order valence-corrected chi connectivity index (χ3v) is 3.64. The van der Waals surface area contributed by atoms with Crippen molar-refractivity contribution >= 4 is 11.8 Å². The number of rotatable bonds is 5. The van der Waals surface area contributed by atoms with E-state index in [-0.39, 0.29) is 5.54 Å². The highest BCUT2D eigenvalue weighted by molar-refractivity contribution is 7.99. The van der Waals surface area contributed by atoms with E-state index in [0.717, 1.165) is 27.9 Å². The molecule has 1 heterocycles. The summed E-state index contributed by atoms with van der Waals surface area (Å²) in [4.78, 5) is 9.87. The molecule has 21 heavy (non-hydrogen) atoms. The molecule has 0 unspecified atom stereocenters. The van der Waals surface area contributed by atoms with E-state index in [9.17, 15) is 0 Å². The minimum atomic E-state index is 0.0913. The van der Waals surface area contributed by atoms with Crippen LogP contribution in [0.15, 0.2) is 46.7 Å². The van der Waals surface area contributed by atoms with Crippen LogP contribution in [0.25, 0.3) is 0 Å². The molecule has 0 fully saturated rings. The monoisotopic (exact) mass is 303 g/mol. The Hall–Kier alpha value is -1.59. The molecule has 0 aliphatic heterocycles. The zero-order valence-electron chi connectivity index (χ0n) is 12.9. The molecular weight excluding hydrogens is 282 g/mol. The molecule has 1 aromatic heterocycles. The highest BCUT2D eigenvalue weighted by Crippen LogP contribution is 2.27. The van der Waals surface area contributed by atoms with Crippen molar-refractivity contribution in [3.63, 3.8) is 0 Å². The second-order valence-electron chi connectivity index (χ2n) is 5.76. The van der Waals surface area contributed by atoms with Crippen LogP contribution in [0.5, 0.6) is 5.75 Å². The minimum absolute atomic E-state index is 0.0913. The summed E-state index contributed by atoms with van der Waals surface area (Å²) in [6.45, 7) is 7.19. The van der Waals surface area contributed by atoms with E-state index in [4.69, 9.17) is 4.74 Å². The van der Waals surface area contributed by atoms with Crippen LogP contribution in [-0.2, 0) is 6.54 Å². The topological polar surface area (TPSA) is 47.0 Å². The Morgan fingerprint density at radius 3 is 2.52 bits per heavy atom. The van der Waals surface area contributed by atoms with Gasteiger partial charge in [0.05, 0.1) is 7.11 Å². The van der Waals surface area contributed by atoms with E-state index in [1.54, 1.807) is 7.11 Å². The molecule has 2 rings (SSSR count). The van der Waals surface area contributed by atoms with Gasteiger partial charge in [-0.15, -0.1) is 0 Å². The minimum Gasteiger partial charge on any atom is -0.497 e. The molecule has 1 aromatic carbocycles. The lowest BCUT2D eigenvalue weighted by Gasteiger charge is -2.20. The molecule has 5 heteroatoms. The summed E-state index contributed by atoms with van der Waals surface area (Å²) in [5.74, 6) is 0.839. The molecule has 0 radical (unpaired) electrons. The van der Waals surface area contributed by atoms with E-state index in [1.165, 1.54) is 11.8 Å². The fourth-order valence-corrected chi connectivity index (χ4v) is 2.37. The lowest BCUT2D eigenvalue weighted by molar-refractivity contribution is 0.413. The molecule has 0 atom stereocenters. The van der Waals surface area contributed by atoms with Crippen molar-refractivity contribution in [3.05, 3.63) is 42.2 Å². The van der Waals surface area contributed by atoms with Crippen LogP contribution in [0.1, 0.15) is 26.3 Å². The fourth-order valence-electron chi connectivity index (χ4n) is 1.62. The van der Waals surface area contributed by atoms with Crippen LogP contribution < -0.4 is 10.1 Å². The number of ether oxygens (including phenoxy) is 1. The smallest absolute Gasteiger partial charge is 0.192 e. The molecule has 0 aliphatic carbocycles. The largest absolute Gasteiger partial charge is 0.497 e. The Bertz CT molecular complexity index is 579. The van der Waals surface area contributed by atoms with Crippen molar-refractivity contribution in [2.45, 2.75) is 42.9 Å². The normalized spacial score (nSPS) is 11.4. The van der Waals surface area contributed by atoms with Gasteiger partial charge in [-0.25, -0.2) is 9.97 Å². The number of aromatic nitrogens is 2. The van der Waals surface area contributed by atoms with Gasteiger partial charge >= 0.3 is 0 Å². The lowest BCUT2D eigenvalue weighted by atomic mass is 10.1. The second-order valence-corrected chi connectivity index (χ2v) is 6.80. The van der Waals surface area contributed by atoms with Gasteiger partial charge in [-0.3, -0.25) is 0 Å². The average Bonchev–Trinajstić information content (AvgIpc) is 2.46. The van der Waals surface area contributed by atoms with Gasteiger partial charge in [0.25, 0.3) is 0 Å². The van der Waals surface area contributed by atoms with Crippen molar-refractivity contribution in [1.82, 2.24) is 15.3 Å². The maximum Gasteiger partial charge on any atom is 0.192 e. The summed E-state index contributed by atoms with van der Waals surface area (Å²) < 4.78 is 5.21. The van der Waals surface area contributed by atoms with E-state index >= 15 is 0 Å². The Morgan fingerprint density at radius 2 is 1.90 bits per heavy atom. The standard InChI is InChI=1S/C16H21N3OS/c1-16(2,3)19-11-12-9-17-15(18-10-12)21-14-7-5-6-13(8-14)20-4/h5-10,19H,11H2,1-4H3. The van der Waals surface area contributed by atoms with E-state index < -0.39 is 0 Å². The third-order valence-electron chi connectivity index (χ3n) is 2.75. The first-order valence-corrected chi connectivity index (χ1v) is 7.66. The van der Waals surface area contributed by atoms with Crippen molar-refractivity contribution in [2.24, 2.45) is 0 Å². The first kappa shape index (κ1) is 15.8. The van der Waals surface area contributed by atoms with Gasteiger partial charge in [-0.05, 0) is 50.7 Å². The van der Waals surface area contributed by atoms with Crippen molar-refractivity contribution < 1.29 is 4.74 Å².